The quantitative estimate of drug-likeness (QED) is 0.0329. The second-order valence-corrected chi connectivity index (χ2v) is 40.2. The number of esters is 3. The maximum atomic E-state index is 15.4. The number of aliphatic hydroxyl groups is 2. The van der Waals surface area contributed by atoms with Gasteiger partial charge in [-0.3, -0.25) is 58.3 Å². The van der Waals surface area contributed by atoms with Gasteiger partial charge in [-0.15, -0.1) is 0 Å². The molecule has 0 aliphatic carbocycles. The van der Waals surface area contributed by atoms with Crippen molar-refractivity contribution in [1.29, 1.82) is 0 Å². The van der Waals surface area contributed by atoms with Crippen LogP contribution < -0.4 is 0 Å². The first-order valence-electron chi connectivity index (χ1n) is 49.3. The molecule has 0 saturated carbocycles. The molecule has 136 heavy (non-hydrogen) atoms. The predicted octanol–water partition coefficient (Wildman–Crippen LogP) is 14.1. The molecule has 748 valence electrons. The molecule has 8 aliphatic rings. The first kappa shape index (κ1) is 108. The molecule has 13 rings (SSSR count). The summed E-state index contributed by atoms with van der Waals surface area (Å²) >= 11 is 0. The molecule has 0 spiro atoms. The average molecular weight is 1890 g/mol. The van der Waals surface area contributed by atoms with Crippen molar-refractivity contribution in [3.63, 3.8) is 0 Å². The number of likely N-dealkylation sites (N-methyl/N-ethyl adjacent to an activating group) is 4. The Balaban J connectivity index is 0.000000258. The monoisotopic (exact) mass is 1890 g/mol. The van der Waals surface area contributed by atoms with Gasteiger partial charge < -0.3 is 72.1 Å². The largest absolute Gasteiger partial charge is 0.458 e. The summed E-state index contributed by atoms with van der Waals surface area (Å²) in [5.74, 6) is -11.0. The fourth-order valence-corrected chi connectivity index (χ4v) is 22.8. The van der Waals surface area contributed by atoms with Crippen LogP contribution in [0.15, 0.2) is 116 Å². The maximum Gasteiger partial charge on any atom is 0.410 e. The third-order valence-corrected chi connectivity index (χ3v) is 30.1. The molecule has 0 unspecified atom stereocenters. The number of aromatic nitrogens is 2. The third-order valence-electron chi connectivity index (χ3n) is 30.1. The highest BCUT2D eigenvalue weighted by Crippen LogP contribution is 2.48. The lowest BCUT2D eigenvalue weighted by Gasteiger charge is -2.48. The molecule has 5 aromatic rings. The molecule has 0 bridgehead atoms. The number of hydrogen-bond donors (Lipinski definition) is 2. The molecule has 30 heteroatoms. The molecule has 8 saturated heterocycles. The molecule has 2 N–H and O–H groups in total. The number of para-hydroxylation sites is 2. The number of carbonyl (C=O) groups is 9. The molecule has 2 amide bonds. The van der Waals surface area contributed by atoms with E-state index in [4.69, 9.17) is 57.2 Å². The van der Waals surface area contributed by atoms with Gasteiger partial charge in [0.2, 0.25) is 0 Å². The molecular formula is C106H152N8O22. The van der Waals surface area contributed by atoms with Crippen molar-refractivity contribution in [2.45, 2.75) is 309 Å². The fourth-order valence-electron chi connectivity index (χ4n) is 22.8. The van der Waals surface area contributed by atoms with Crippen LogP contribution >= 0.6 is 0 Å². The highest BCUT2D eigenvalue weighted by Gasteiger charge is 2.64. The molecular weight excluding hydrogens is 1740 g/mol. The molecule has 30 nitrogen and oxygen atoms in total. The van der Waals surface area contributed by atoms with Gasteiger partial charge in [0.25, 0.3) is 0 Å². The number of carbonyl (C=O) groups excluding carboxylic acids is 9. The highest BCUT2D eigenvalue weighted by atomic mass is 16.7. The maximum absolute atomic E-state index is 15.4. The number of ketones is 4. The smallest absolute Gasteiger partial charge is 0.410 e. The van der Waals surface area contributed by atoms with Crippen molar-refractivity contribution in [3.05, 3.63) is 132 Å². The van der Waals surface area contributed by atoms with E-state index in [0.717, 1.165) is 91.9 Å². The number of likely N-dealkylation sites (tertiary alicyclic amines) is 2. The summed E-state index contributed by atoms with van der Waals surface area (Å²) < 4.78 is 72.1. The second kappa shape index (κ2) is 46.9. The number of hydrogen-bond acceptors (Lipinski definition) is 28. The van der Waals surface area contributed by atoms with Crippen LogP contribution in [0.1, 0.15) is 210 Å². The SMILES string of the molecule is CC[C@H]1OC(=O)[C@H](C)C(=O)[C@H](C)[C@@H](O[C@@H]2O[C@H](C)C[C@H](N(C)C)[C@H]2O)[C@](C)(OC/C=C/c2cnc3ccccc3c2)C[C@@H](C)C(=O)[C@H](C)[C@H]2N(C[C@H]3CCCN3CC)C(=O)O[C@]12C.CC[C@H]1OC(=O)[C@H](C)C(=O)[C@H](C)[C@@H](O[C@@H]2O[C@H](C)C[C@H](N(C)C)[C@H]2OC(=O)c2ccccc2)[C@](C)(OC/C=C/c2cnc3ccccc3c2)C[C@@H](C)C(=O)[C@H](C)[C@H]2N(C[C@H]3CCCN3CC)C(=O)O[C@]12C.CO. The fraction of sp³-hybridized carbons (Fsp3) is 0.651. The van der Waals surface area contributed by atoms with Gasteiger partial charge in [0.1, 0.15) is 41.7 Å². The second-order valence-electron chi connectivity index (χ2n) is 40.2. The Morgan fingerprint density at radius 3 is 1.33 bits per heavy atom. The molecule has 0 radical (unpaired) electrons. The van der Waals surface area contributed by atoms with Crippen molar-refractivity contribution in [1.82, 2.24) is 39.4 Å². The number of rotatable bonds is 24. The lowest BCUT2D eigenvalue weighted by atomic mass is 9.73. The number of nitrogens with zero attached hydrogens (tertiary/aromatic N) is 8. The normalized spacial score (nSPS) is 35.6. The van der Waals surface area contributed by atoms with Crippen LogP contribution in [0.3, 0.4) is 0 Å². The van der Waals surface area contributed by atoms with Crippen LogP contribution in [-0.2, 0) is 80.9 Å². The Morgan fingerprint density at radius 2 is 0.919 bits per heavy atom. The molecule has 8 aliphatic heterocycles. The molecule has 3 aromatic carbocycles. The molecule has 2 aromatic heterocycles. The number of cyclic esters (lactones) is 2. The summed E-state index contributed by atoms with van der Waals surface area (Å²) in [7, 11) is 8.56. The number of benzene rings is 3. The van der Waals surface area contributed by atoms with Crippen molar-refractivity contribution in [2.24, 2.45) is 47.3 Å². The summed E-state index contributed by atoms with van der Waals surface area (Å²) in [6, 6.07) is 26.3. The Hall–Kier alpha value is -8.89. The van der Waals surface area contributed by atoms with Gasteiger partial charge >= 0.3 is 30.1 Å². The van der Waals surface area contributed by atoms with Crippen LogP contribution in [-0.4, -0.2) is 311 Å². The number of ether oxygens (including phenoxy) is 11. The minimum atomic E-state index is -1.45. The summed E-state index contributed by atoms with van der Waals surface area (Å²) in [5.41, 5.74) is -1.84. The van der Waals surface area contributed by atoms with Crippen molar-refractivity contribution in [2.75, 3.05) is 87.8 Å². The van der Waals surface area contributed by atoms with E-state index in [1.54, 1.807) is 74.2 Å². The zero-order valence-electron chi connectivity index (χ0n) is 84.3. The highest BCUT2D eigenvalue weighted by molar-refractivity contribution is 6.01. The number of pyridine rings is 2. The minimum Gasteiger partial charge on any atom is -0.458 e. The van der Waals surface area contributed by atoms with Gasteiger partial charge in [0, 0.05) is 97.0 Å². The van der Waals surface area contributed by atoms with Crippen molar-refractivity contribution in [3.8, 4) is 0 Å². The van der Waals surface area contributed by atoms with E-state index < -0.39 is 173 Å². The Bertz CT molecular complexity index is 4980. The summed E-state index contributed by atoms with van der Waals surface area (Å²) in [4.78, 5) is 152. The van der Waals surface area contributed by atoms with E-state index in [9.17, 15) is 33.9 Å². The van der Waals surface area contributed by atoms with Crippen LogP contribution in [0.2, 0.25) is 0 Å². The minimum absolute atomic E-state index is 0.0249. The zero-order valence-corrected chi connectivity index (χ0v) is 84.3. The van der Waals surface area contributed by atoms with Crippen LogP contribution in [0.4, 0.5) is 9.59 Å². The Kier molecular flexibility index (Phi) is 37.1. The predicted molar refractivity (Wildman–Crippen MR) is 517 cm³/mol. The van der Waals surface area contributed by atoms with Gasteiger partial charge in [0.15, 0.2) is 41.5 Å². The topological polar surface area (TPSA) is 341 Å². The number of aliphatic hydroxyl groups excluding tert-OH is 2. The Labute approximate surface area is 804 Å². The van der Waals surface area contributed by atoms with E-state index in [-0.39, 0.29) is 86.8 Å². The molecule has 10 heterocycles. The van der Waals surface area contributed by atoms with E-state index in [1.165, 1.54) is 13.8 Å². The molecule has 28 atom stereocenters. The van der Waals surface area contributed by atoms with Crippen LogP contribution in [0.5, 0.6) is 0 Å². The third kappa shape index (κ3) is 24.0. The lowest BCUT2D eigenvalue weighted by Crippen LogP contribution is -2.61. The van der Waals surface area contributed by atoms with Crippen LogP contribution in [0, 0.1) is 47.3 Å². The lowest BCUT2D eigenvalue weighted by molar-refractivity contribution is -0.296. The molecule has 8 fully saturated rings. The Morgan fingerprint density at radius 1 is 0.522 bits per heavy atom. The first-order valence-corrected chi connectivity index (χ1v) is 49.3. The van der Waals surface area contributed by atoms with Crippen molar-refractivity contribution >= 4 is 87.2 Å². The van der Waals surface area contributed by atoms with Gasteiger partial charge in [0.05, 0.1) is 83.6 Å². The standard InChI is InChI=1S/C56H76N4O11.C49H72N4O10.CH4O/c1-12-45-56(9)49(60(54(65)71-56)33-42-25-19-27-59(42)13-2)36(5)46(61)34(3)31-55(8,66-28-20-21-39-30-41-24-17-18-26-43(41)57-32-39)50(37(6)47(62)38(7)51(63)68-45)70-53-48(44(58(10)11)29-35(4)67-53)69-52(64)40-22-15-14-16-23-40;1-12-39-49(9)43(53(47(58)63-49)28-36-20-16-22-52(36)13-2)31(5)40(54)29(3)26-48(8,59-23-17-18-34-25-35-19-14-15-21-37(35)50-27-34)44(32(6)41(55)33(7)45(57)61-39)62-46-42(56)38(51(10)11)24-30(4)60-46;1-2/h14-18,20-24,26,30,32,34-38,42,44-45,48-50,53H,12-13,19,25,27-29,31,33H2,1-11H3;14-15,17-19,21,25,27,29-33,36,38-39,42-44,46,56H,12-13,16,20,22-24,26,28H2,1-11H3;2H,1H3/b21-20+;18-17+;/t34-,35-,36+,37+,38-,42-,44+,45-,48-,49-,50-,53+,55-,56-;29-,30-,31+,32+,33-,36-,38+,39-,42-,43-,44-,46+,48-,49-;/m11./s1. The van der Waals surface area contributed by atoms with E-state index in [2.05, 4.69) is 33.6 Å². The van der Waals surface area contributed by atoms with Crippen molar-refractivity contribution < 1.29 is 105 Å². The number of Topliss-reactive ketones (excluding diaryl/α,β-unsaturated/α-hetero) is 4. The van der Waals surface area contributed by atoms with Crippen LogP contribution in [0.25, 0.3) is 34.0 Å². The van der Waals surface area contributed by atoms with Gasteiger partial charge in [-0.2, -0.15) is 0 Å². The average Bonchev–Trinajstić information content (AvgIpc) is 1.60. The summed E-state index contributed by atoms with van der Waals surface area (Å²) in [5, 5.41) is 20.7. The number of amides is 2. The van der Waals surface area contributed by atoms with Gasteiger partial charge in [-0.1, -0.05) is 148 Å². The van der Waals surface area contributed by atoms with E-state index in [1.807, 2.05) is 198 Å². The van der Waals surface area contributed by atoms with Gasteiger partial charge in [-0.05, 0) is 221 Å². The first-order chi connectivity index (χ1) is 64.6. The van der Waals surface area contributed by atoms with E-state index >= 15 is 14.4 Å². The summed E-state index contributed by atoms with van der Waals surface area (Å²) in [6.45, 7) is 36.9. The van der Waals surface area contributed by atoms with E-state index in [0.29, 0.717) is 31.5 Å². The number of fused-ring (bicyclic) bond motifs is 4. The zero-order chi connectivity index (χ0) is 99.3. The summed E-state index contributed by atoms with van der Waals surface area (Å²) in [6.07, 6.45) is 6.15. The van der Waals surface area contributed by atoms with Gasteiger partial charge in [-0.25, -0.2) is 14.4 Å².